The number of rotatable bonds is 7. The number of aromatic amines is 2. The second-order valence-electron chi connectivity index (χ2n) is 9.38. The van der Waals surface area contributed by atoms with Crippen molar-refractivity contribution < 1.29 is 44.4 Å². The molecule has 42 heavy (non-hydrogen) atoms. The third kappa shape index (κ3) is 6.01. The lowest BCUT2D eigenvalue weighted by Crippen LogP contribution is -2.20. The number of aliphatic hydroxyl groups is 4. The van der Waals surface area contributed by atoms with Crippen LogP contribution in [0.15, 0.2) is 34.1 Å². The number of hydrogen-bond acceptors (Lipinski definition) is 15. The van der Waals surface area contributed by atoms with E-state index in [0.717, 1.165) is 0 Å². The van der Waals surface area contributed by atoms with Gasteiger partial charge in [0.15, 0.2) is 30.0 Å². The fraction of sp³-hybridized carbons (Fsp3) is 0.455. The second-order valence-corrected chi connectivity index (χ2v) is 10.5. The summed E-state index contributed by atoms with van der Waals surface area (Å²) in [6.07, 6.45) is -1.67. The first-order valence-corrected chi connectivity index (χ1v) is 13.9. The highest BCUT2D eigenvalue weighted by Gasteiger charge is 2.38. The molecule has 6 rings (SSSR count). The Morgan fingerprint density at radius 1 is 0.929 bits per heavy atom. The molecule has 6 heterocycles. The molecule has 2 aliphatic heterocycles. The maximum Gasteiger partial charge on any atom is 0.261 e. The molecule has 228 valence electrons. The predicted molar refractivity (Wildman–Crippen MR) is 144 cm³/mol. The van der Waals surface area contributed by atoms with Crippen molar-refractivity contribution in [2.45, 2.75) is 49.9 Å². The molecule has 0 aliphatic carbocycles. The molecule has 1 unspecified atom stereocenters. The number of nitrogens with one attached hydrogen (secondary N) is 2. The molecule has 20 heteroatoms. The molecule has 0 bridgehead atoms. The van der Waals surface area contributed by atoms with Crippen LogP contribution in [0.1, 0.15) is 25.3 Å². The van der Waals surface area contributed by atoms with Crippen LogP contribution in [0.4, 0.5) is 11.9 Å². The molecule has 2 aliphatic rings. The van der Waals surface area contributed by atoms with Crippen LogP contribution < -0.4 is 22.6 Å². The molecule has 2 saturated heterocycles. The number of nitrogens with zero attached hydrogens (tertiary/aromatic N) is 4. The van der Waals surface area contributed by atoms with Gasteiger partial charge in [-0.05, 0) is 12.1 Å². The van der Waals surface area contributed by atoms with Gasteiger partial charge in [-0.25, -0.2) is 0 Å². The normalized spacial score (nSPS) is 26.5. The Balaban J connectivity index is 0.000000171. The average molecular weight is 612 g/mol. The summed E-state index contributed by atoms with van der Waals surface area (Å²) in [6, 6.07) is 3.11. The van der Waals surface area contributed by atoms with E-state index in [1.807, 2.05) is 0 Å². The van der Waals surface area contributed by atoms with Gasteiger partial charge in [-0.2, -0.15) is 19.5 Å². The van der Waals surface area contributed by atoms with E-state index in [4.69, 9.17) is 40.9 Å². The van der Waals surface area contributed by atoms with Crippen LogP contribution in [0.3, 0.4) is 0 Å². The van der Waals surface area contributed by atoms with Gasteiger partial charge >= 0.3 is 0 Å². The molecule has 19 nitrogen and oxygen atoms in total. The van der Waals surface area contributed by atoms with Gasteiger partial charge < -0.3 is 55.4 Å². The van der Waals surface area contributed by atoms with Gasteiger partial charge in [0.25, 0.3) is 11.1 Å². The van der Waals surface area contributed by atoms with Crippen LogP contribution in [0.5, 0.6) is 0 Å². The van der Waals surface area contributed by atoms with Crippen LogP contribution in [-0.2, 0) is 19.0 Å². The fourth-order valence-corrected chi connectivity index (χ4v) is 4.92. The SMILES string of the molecule is Nc1nc2c(ccn2[C@@H]2O[C@H](CO)C[C@@H]2O)c(=O)[nH]1.Nc1nc2c(ccn2[C@@H]2O[C@H](OOP(O)CO)C[C@@H]2O)c(=O)[nH]1. The Morgan fingerprint density at radius 2 is 1.45 bits per heavy atom. The van der Waals surface area contributed by atoms with Crippen molar-refractivity contribution in [3.05, 3.63) is 45.2 Å². The standard InChI is InChI=1S/C11H15N4O7P.C11H14N4O4/c12-11-13-8-5(9(18)14-11)1-2-15(8)10-6(17)3-7(20-10)21-22-23(19)4-16;12-11-13-8-6(9(18)14-11)1-2-15(8)10-7(17)3-5(4-16)19-10/h1-2,6-7,10,16-17,19H,3-4H2,(H3,12,13,14,18);1-2,5,7,10,16-17H,3-4H2,(H3,12,13,14,18)/t6-,7+,10+,23?;5-,7-,10+/m00/s1. The number of fused-ring (bicyclic) bond motifs is 2. The topological polar surface area (TPSA) is 291 Å². The summed E-state index contributed by atoms with van der Waals surface area (Å²) >= 11 is 0. The highest BCUT2D eigenvalue weighted by Crippen LogP contribution is 2.36. The van der Waals surface area contributed by atoms with Crippen molar-refractivity contribution in [3.63, 3.8) is 0 Å². The minimum absolute atomic E-state index is 0.00337. The highest BCUT2D eigenvalue weighted by molar-refractivity contribution is 7.45. The molecule has 2 fully saturated rings. The van der Waals surface area contributed by atoms with E-state index in [9.17, 15) is 19.8 Å². The minimum Gasteiger partial charge on any atom is -0.394 e. The molecule has 0 spiro atoms. The number of anilines is 2. The van der Waals surface area contributed by atoms with Crippen LogP contribution in [0.25, 0.3) is 22.1 Å². The molecule has 0 amide bonds. The largest absolute Gasteiger partial charge is 0.394 e. The van der Waals surface area contributed by atoms with Crippen molar-refractivity contribution >= 4 is 42.3 Å². The number of nitrogen functional groups attached to an aromatic ring is 2. The third-order valence-electron chi connectivity index (χ3n) is 6.53. The zero-order chi connectivity index (χ0) is 30.1. The van der Waals surface area contributed by atoms with E-state index in [2.05, 4.69) is 24.6 Å². The van der Waals surface area contributed by atoms with Gasteiger partial charge in [0.1, 0.15) is 18.6 Å². The lowest BCUT2D eigenvalue weighted by atomic mass is 10.2. The molecular weight excluding hydrogens is 583 g/mol. The van der Waals surface area contributed by atoms with Crippen LogP contribution in [0.2, 0.25) is 0 Å². The van der Waals surface area contributed by atoms with E-state index in [0.29, 0.717) is 22.8 Å². The van der Waals surface area contributed by atoms with Crippen molar-refractivity contribution in [3.8, 4) is 0 Å². The van der Waals surface area contributed by atoms with E-state index in [1.165, 1.54) is 16.8 Å². The Morgan fingerprint density at radius 3 is 1.95 bits per heavy atom. The predicted octanol–water partition coefficient (Wildman–Crippen LogP) is -1.94. The number of aromatic nitrogens is 6. The maximum absolute atomic E-state index is 11.8. The van der Waals surface area contributed by atoms with Gasteiger partial charge in [-0.3, -0.25) is 19.6 Å². The third-order valence-corrected chi connectivity index (χ3v) is 7.03. The lowest BCUT2D eigenvalue weighted by molar-refractivity contribution is -0.318. The molecule has 0 radical (unpaired) electrons. The zero-order valence-electron chi connectivity index (χ0n) is 21.7. The Bertz CT molecular complexity index is 1660. The van der Waals surface area contributed by atoms with Crippen molar-refractivity contribution in [1.82, 2.24) is 29.1 Å². The summed E-state index contributed by atoms with van der Waals surface area (Å²) < 4.78 is 18.6. The monoisotopic (exact) mass is 612 g/mol. The fourth-order valence-electron chi connectivity index (χ4n) is 4.68. The number of ether oxygens (including phenoxy) is 2. The van der Waals surface area contributed by atoms with Gasteiger partial charge in [-0.1, -0.05) is 0 Å². The minimum atomic E-state index is -2.11. The Kier molecular flexibility index (Phi) is 8.85. The number of aliphatic hydroxyl groups excluding tert-OH is 4. The maximum atomic E-state index is 11.8. The lowest BCUT2D eigenvalue weighted by Gasteiger charge is -2.17. The van der Waals surface area contributed by atoms with E-state index < -0.39 is 57.3 Å². The van der Waals surface area contributed by atoms with Gasteiger partial charge in [0, 0.05) is 25.2 Å². The van der Waals surface area contributed by atoms with Crippen molar-refractivity contribution in [1.29, 1.82) is 0 Å². The molecule has 4 aromatic heterocycles. The molecule has 4 aromatic rings. The second kappa shape index (κ2) is 12.4. The van der Waals surface area contributed by atoms with E-state index in [1.54, 1.807) is 16.8 Å². The van der Waals surface area contributed by atoms with Crippen molar-refractivity contribution in [2.24, 2.45) is 0 Å². The van der Waals surface area contributed by atoms with E-state index >= 15 is 0 Å². The first-order valence-electron chi connectivity index (χ1n) is 12.5. The summed E-state index contributed by atoms with van der Waals surface area (Å²) in [7, 11) is -2.11. The summed E-state index contributed by atoms with van der Waals surface area (Å²) in [6.45, 7) is -0.164. The quantitative estimate of drug-likeness (QED) is 0.0623. The number of hydrogen-bond donors (Lipinski definition) is 9. The number of H-pyrrole nitrogens is 2. The zero-order valence-corrected chi connectivity index (χ0v) is 22.6. The van der Waals surface area contributed by atoms with Crippen LogP contribution >= 0.6 is 8.38 Å². The van der Waals surface area contributed by atoms with Crippen LogP contribution in [-0.4, -0.2) is 91.9 Å². The molecule has 0 aromatic carbocycles. The molecule has 7 atom stereocenters. The van der Waals surface area contributed by atoms with Crippen LogP contribution in [0, 0.1) is 0 Å². The summed E-state index contributed by atoms with van der Waals surface area (Å²) in [4.78, 5) is 50.3. The Hall–Kier alpha value is -3.49. The summed E-state index contributed by atoms with van der Waals surface area (Å²) in [5.74, 6) is -0.0522. The van der Waals surface area contributed by atoms with Gasteiger partial charge in [0.2, 0.25) is 20.3 Å². The smallest absolute Gasteiger partial charge is 0.261 e. The Labute approximate surface area is 235 Å². The average Bonchev–Trinajstić information content (AvgIpc) is 3.72. The van der Waals surface area contributed by atoms with E-state index in [-0.39, 0.29) is 36.1 Å². The molecule has 11 N–H and O–H groups in total. The molecule has 0 saturated carbocycles. The molecular formula is C22H29N8O11P. The van der Waals surface area contributed by atoms with Crippen molar-refractivity contribution in [2.75, 3.05) is 24.4 Å². The first kappa shape index (κ1) is 30.0. The van der Waals surface area contributed by atoms with Gasteiger partial charge in [-0.15, -0.1) is 0 Å². The summed E-state index contributed by atoms with van der Waals surface area (Å²) in [5, 5.41) is 38.5. The first-order chi connectivity index (χ1) is 20.1. The summed E-state index contributed by atoms with van der Waals surface area (Å²) in [5.41, 5.74) is 10.9. The van der Waals surface area contributed by atoms with Gasteiger partial charge in [0.05, 0.1) is 23.5 Å². The number of nitrogens with two attached hydrogens (primary N) is 2. The highest BCUT2D eigenvalue weighted by atomic mass is 31.2.